The first-order valence-electron chi connectivity index (χ1n) is 9.58. The molecule has 3 heterocycles. The van der Waals surface area contributed by atoms with E-state index >= 15 is 0 Å². The predicted octanol–water partition coefficient (Wildman–Crippen LogP) is 0.917. The van der Waals surface area contributed by atoms with E-state index in [1.165, 1.54) is 15.3 Å². The quantitative estimate of drug-likeness (QED) is 0.820. The maximum absolute atomic E-state index is 12.8. The van der Waals surface area contributed by atoms with Crippen LogP contribution in [0.4, 0.5) is 0 Å². The van der Waals surface area contributed by atoms with Crippen LogP contribution >= 0.6 is 11.3 Å². The lowest BCUT2D eigenvalue weighted by molar-refractivity contribution is -0.934. The van der Waals surface area contributed by atoms with Crippen LogP contribution in [0, 0.1) is 5.92 Å². The average Bonchev–Trinajstić information content (AvgIpc) is 2.98. The minimum atomic E-state index is 0.0191. The molecular weight excluding hydrogens is 348 g/mol. The summed E-state index contributed by atoms with van der Waals surface area (Å²) in [5.41, 5.74) is 1.25. The zero-order valence-corrected chi connectivity index (χ0v) is 16.5. The number of nitrogens with zero attached hydrogens (tertiary/aromatic N) is 2. The van der Waals surface area contributed by atoms with E-state index in [4.69, 9.17) is 4.98 Å². The average molecular weight is 376 g/mol. The summed E-state index contributed by atoms with van der Waals surface area (Å²) < 4.78 is 0. The number of aromatic amines is 1. The van der Waals surface area contributed by atoms with Gasteiger partial charge >= 0.3 is 0 Å². The van der Waals surface area contributed by atoms with Gasteiger partial charge in [0.15, 0.2) is 5.82 Å². The number of H-pyrrole nitrogens is 1. The molecule has 1 aliphatic heterocycles. The highest BCUT2D eigenvalue weighted by molar-refractivity contribution is 7.18. The van der Waals surface area contributed by atoms with Gasteiger partial charge in [-0.1, -0.05) is 6.92 Å². The number of carbonyl (C=O) groups excluding carboxylic acids is 1. The van der Waals surface area contributed by atoms with Crippen molar-refractivity contribution in [2.75, 3.05) is 26.2 Å². The van der Waals surface area contributed by atoms with Crippen LogP contribution in [0.3, 0.4) is 0 Å². The molecule has 4 rings (SSSR count). The van der Waals surface area contributed by atoms with E-state index in [-0.39, 0.29) is 17.5 Å². The first kappa shape index (κ1) is 17.7. The Balaban J connectivity index is 1.61. The highest BCUT2D eigenvalue weighted by atomic mass is 32.1. The van der Waals surface area contributed by atoms with Gasteiger partial charge in [-0.25, -0.2) is 4.98 Å². The number of piperazine rings is 1. The summed E-state index contributed by atoms with van der Waals surface area (Å²) in [5, 5.41) is 0.823. The summed E-state index contributed by atoms with van der Waals surface area (Å²) in [5.74, 6) is 1.61. The Labute approximate surface area is 157 Å². The van der Waals surface area contributed by atoms with Gasteiger partial charge in [-0.3, -0.25) is 9.59 Å². The van der Waals surface area contributed by atoms with Gasteiger partial charge in [0, 0.05) is 11.8 Å². The molecule has 2 aromatic heterocycles. The van der Waals surface area contributed by atoms with Gasteiger partial charge < -0.3 is 14.8 Å². The highest BCUT2D eigenvalue weighted by Crippen LogP contribution is 2.35. The highest BCUT2D eigenvalue weighted by Gasteiger charge is 2.29. The third-order valence-corrected chi connectivity index (χ3v) is 7.21. The second-order valence-electron chi connectivity index (χ2n) is 7.87. The predicted molar refractivity (Wildman–Crippen MR) is 103 cm³/mol. The Morgan fingerprint density at radius 2 is 2.12 bits per heavy atom. The molecule has 1 saturated heterocycles. The number of hydrogen-bond donors (Lipinski definition) is 2. The molecule has 7 heteroatoms. The van der Waals surface area contributed by atoms with Crippen molar-refractivity contribution in [2.45, 2.75) is 46.1 Å². The van der Waals surface area contributed by atoms with Gasteiger partial charge in [0.05, 0.1) is 31.6 Å². The molecule has 6 nitrogen and oxygen atoms in total. The van der Waals surface area contributed by atoms with E-state index < -0.39 is 0 Å². The van der Waals surface area contributed by atoms with Crippen LogP contribution < -0.4 is 10.5 Å². The molecule has 0 saturated carbocycles. The molecule has 2 aromatic rings. The maximum atomic E-state index is 12.8. The van der Waals surface area contributed by atoms with E-state index in [9.17, 15) is 9.59 Å². The third kappa shape index (κ3) is 3.07. The summed E-state index contributed by atoms with van der Waals surface area (Å²) in [6.07, 6.45) is 3.22. The monoisotopic (exact) mass is 375 g/mol. The van der Waals surface area contributed by atoms with Gasteiger partial charge in [-0.15, -0.1) is 11.3 Å². The van der Waals surface area contributed by atoms with Crippen LogP contribution in [-0.2, 0) is 17.6 Å². The summed E-state index contributed by atoms with van der Waals surface area (Å²) in [6.45, 7) is 9.35. The summed E-state index contributed by atoms with van der Waals surface area (Å²) in [6, 6.07) is 0.124. The van der Waals surface area contributed by atoms with Crippen LogP contribution in [-0.4, -0.2) is 47.0 Å². The summed E-state index contributed by atoms with van der Waals surface area (Å²) >= 11 is 1.71. The molecule has 140 valence electrons. The first-order chi connectivity index (χ1) is 12.4. The van der Waals surface area contributed by atoms with Crippen molar-refractivity contribution in [2.24, 2.45) is 5.92 Å². The lowest BCUT2D eigenvalue weighted by atomic mass is 9.89. The largest absolute Gasteiger partial charge is 0.332 e. The number of aromatic nitrogens is 2. The number of aryl methyl sites for hydroxylation is 1. The van der Waals surface area contributed by atoms with Crippen molar-refractivity contribution in [1.82, 2.24) is 14.9 Å². The number of nitrogens with one attached hydrogen (secondary N) is 2. The summed E-state index contributed by atoms with van der Waals surface area (Å²) in [7, 11) is 0. The van der Waals surface area contributed by atoms with Crippen LogP contribution in [0.5, 0.6) is 0 Å². The van der Waals surface area contributed by atoms with Crippen molar-refractivity contribution in [1.29, 1.82) is 0 Å². The molecule has 26 heavy (non-hydrogen) atoms. The minimum Gasteiger partial charge on any atom is -0.332 e. The van der Waals surface area contributed by atoms with Gasteiger partial charge in [-0.2, -0.15) is 0 Å². The normalized spacial score (nSPS) is 22.4. The molecule has 1 aliphatic carbocycles. The number of quaternary nitrogens is 1. The maximum Gasteiger partial charge on any atom is 0.260 e. The molecule has 0 radical (unpaired) electrons. The minimum absolute atomic E-state index is 0.0191. The molecule has 0 unspecified atom stereocenters. The van der Waals surface area contributed by atoms with Gasteiger partial charge in [0.1, 0.15) is 10.9 Å². The molecule has 2 atom stereocenters. The molecule has 2 aliphatic rings. The van der Waals surface area contributed by atoms with Crippen molar-refractivity contribution >= 4 is 27.5 Å². The molecule has 0 spiro atoms. The van der Waals surface area contributed by atoms with Gasteiger partial charge in [-0.05, 0) is 37.7 Å². The molecule has 1 amide bonds. The van der Waals surface area contributed by atoms with Crippen LogP contribution in [0.25, 0.3) is 10.2 Å². The van der Waals surface area contributed by atoms with Gasteiger partial charge in [0.2, 0.25) is 5.91 Å². The molecule has 0 aromatic carbocycles. The van der Waals surface area contributed by atoms with Crippen LogP contribution in [0.1, 0.15) is 49.5 Å². The first-order valence-corrected chi connectivity index (χ1v) is 10.4. The standard InChI is InChI=1S/C19H26N4O2S/c1-11-4-5-14-15(10-11)26-19-16(14)18(25)20-17(21-19)12(2)22-6-8-23(9-7-22)13(3)24/h11-12H,4-10H2,1-3H3,(H,20,21,25)/p+1/t11-,12+/m0/s1. The zero-order chi connectivity index (χ0) is 18.4. The van der Waals surface area contributed by atoms with Crippen molar-refractivity contribution in [3.63, 3.8) is 0 Å². The zero-order valence-electron chi connectivity index (χ0n) is 15.7. The Hall–Kier alpha value is -1.73. The Bertz CT molecular complexity index is 895. The Morgan fingerprint density at radius 1 is 1.38 bits per heavy atom. The van der Waals surface area contributed by atoms with E-state index in [0.29, 0.717) is 5.92 Å². The second kappa shape index (κ2) is 6.78. The molecule has 0 bridgehead atoms. The fourth-order valence-electron chi connectivity index (χ4n) is 4.31. The summed E-state index contributed by atoms with van der Waals surface area (Å²) in [4.78, 5) is 37.7. The van der Waals surface area contributed by atoms with Crippen molar-refractivity contribution in [3.05, 3.63) is 26.6 Å². The third-order valence-electron chi connectivity index (χ3n) is 6.06. The molecular formula is C19H27N4O2S+. The molecule has 2 N–H and O–H groups in total. The number of hydrogen-bond acceptors (Lipinski definition) is 4. The number of rotatable bonds is 2. The van der Waals surface area contributed by atoms with Gasteiger partial charge in [0.25, 0.3) is 5.56 Å². The van der Waals surface area contributed by atoms with Crippen molar-refractivity contribution in [3.8, 4) is 0 Å². The topological polar surface area (TPSA) is 70.5 Å². The number of fused-ring (bicyclic) bond motifs is 3. The van der Waals surface area contributed by atoms with E-state index in [0.717, 1.165) is 61.5 Å². The molecule has 1 fully saturated rings. The van der Waals surface area contributed by atoms with Crippen molar-refractivity contribution < 1.29 is 9.69 Å². The number of carbonyl (C=O) groups is 1. The van der Waals surface area contributed by atoms with Crippen LogP contribution in [0.15, 0.2) is 4.79 Å². The Morgan fingerprint density at radius 3 is 2.81 bits per heavy atom. The number of thiophene rings is 1. The lowest BCUT2D eigenvalue weighted by Crippen LogP contribution is -3.14. The fourth-order valence-corrected chi connectivity index (χ4v) is 5.70. The Kier molecular flexibility index (Phi) is 4.61. The lowest BCUT2D eigenvalue weighted by Gasteiger charge is -2.34. The van der Waals surface area contributed by atoms with Crippen LogP contribution in [0.2, 0.25) is 0 Å². The van der Waals surface area contributed by atoms with E-state index in [1.807, 2.05) is 4.90 Å². The number of amides is 1. The smallest absolute Gasteiger partial charge is 0.260 e. The van der Waals surface area contributed by atoms with E-state index in [2.05, 4.69) is 18.8 Å². The second-order valence-corrected chi connectivity index (χ2v) is 8.95. The van der Waals surface area contributed by atoms with E-state index in [1.54, 1.807) is 18.3 Å². The fraction of sp³-hybridized carbons (Fsp3) is 0.632. The SMILES string of the molecule is CC(=O)N1CC[NH+]([C@H](C)c2nc3sc4c(c3c(=O)[nH]2)CC[C@H](C)C4)CC1.